The molecule has 0 bridgehead atoms. The van der Waals surface area contributed by atoms with E-state index in [2.05, 4.69) is 21.0 Å². The third-order valence-electron chi connectivity index (χ3n) is 10.1. The number of nitrogens with one attached hydrogen (secondary N) is 3. The van der Waals surface area contributed by atoms with E-state index in [9.17, 15) is 24.4 Å². The van der Waals surface area contributed by atoms with Crippen LogP contribution in [0.3, 0.4) is 0 Å². The molecule has 2 aliphatic rings. The van der Waals surface area contributed by atoms with Crippen molar-refractivity contribution in [2.24, 2.45) is 11.3 Å². The molecule has 5 N–H and O–H groups in total. The predicted molar refractivity (Wildman–Crippen MR) is 223 cm³/mol. The summed E-state index contributed by atoms with van der Waals surface area (Å²) in [6.07, 6.45) is -1.32. The summed E-state index contributed by atoms with van der Waals surface area (Å²) in [6, 6.07) is 18.3. The Morgan fingerprint density at radius 2 is 1.65 bits per heavy atom. The molecule has 3 aromatic rings. The Balaban J connectivity index is 1.37. The van der Waals surface area contributed by atoms with Gasteiger partial charge in [0.15, 0.2) is 6.29 Å². The number of carbonyl (C=O) groups is 3. The number of rotatable bonds is 20. The first-order valence-corrected chi connectivity index (χ1v) is 22.2. The normalized spacial score (nSPS) is 19.4. The first kappa shape index (κ1) is 46.6. The molecule has 2 fully saturated rings. The van der Waals surface area contributed by atoms with Crippen LogP contribution in [-0.2, 0) is 45.8 Å². The summed E-state index contributed by atoms with van der Waals surface area (Å²) in [4.78, 5) is 55.0. The Bertz CT molecular complexity index is 1810. The number of alkyl carbamates (subject to hydrolysis) is 2. The van der Waals surface area contributed by atoms with Gasteiger partial charge in [0.25, 0.3) is 5.91 Å². The van der Waals surface area contributed by atoms with E-state index in [0.29, 0.717) is 18.8 Å². The zero-order chi connectivity index (χ0) is 43.3. The standard InChI is InChI=1S/C42H60N5O12P/c1-7-57-60(52,58-8-2)27-56-31-18-14-28(15-19-31)23-34(44-41(51)59-36-26-55-39-32(36)20-22-54-39)35(48)25-47(46-38(49)37(42(3,4)5)45-40(50)53-6)24-29-12-16-30(17-13-29)33-11-9-10-21-43-33/h9-19,21,32,34-37,39,48,52,60H,7-8,20,22-27H2,1-6H3,(H,44,51)(H,45,50)(H,46,49). The molecule has 6 atom stereocenters. The molecular formula is C42H60N5O12P. The molecule has 0 radical (unpaired) electrons. The number of hydrazine groups is 1. The van der Waals surface area contributed by atoms with Crippen LogP contribution in [0.1, 0.15) is 52.2 Å². The monoisotopic (exact) mass is 857 g/mol. The van der Waals surface area contributed by atoms with Crippen molar-refractivity contribution < 1.29 is 57.1 Å². The number of ether oxygens (including phenoxy) is 5. The second kappa shape index (κ2) is 21.9. The number of amides is 3. The average molecular weight is 858 g/mol. The van der Waals surface area contributed by atoms with Gasteiger partial charge in [-0.3, -0.25) is 9.78 Å². The van der Waals surface area contributed by atoms with Crippen LogP contribution in [0.15, 0.2) is 72.9 Å². The van der Waals surface area contributed by atoms with Crippen molar-refractivity contribution >= 4 is 26.0 Å². The Labute approximate surface area is 351 Å². The molecule has 3 amide bonds. The molecule has 0 saturated carbocycles. The SMILES string of the molecule is CCO[PH](O)(COc1ccc(CC(NC(=O)OC2COC3OCCC23)C(O)CN(Cc2ccc(-c3ccccn3)cc2)NC(=O)C(NC(=O)OC)C(C)(C)C)cc1)OCC. The van der Waals surface area contributed by atoms with E-state index in [0.717, 1.165) is 22.4 Å². The van der Waals surface area contributed by atoms with E-state index >= 15 is 0 Å². The third-order valence-corrected chi connectivity index (χ3v) is 12.1. The number of aliphatic hydroxyl groups is 1. The van der Waals surface area contributed by atoms with Crippen molar-refractivity contribution in [2.75, 3.05) is 46.4 Å². The second-order valence-corrected chi connectivity index (χ2v) is 18.0. The molecule has 3 heterocycles. The molecule has 18 heteroatoms. The number of hydrogen-bond donors (Lipinski definition) is 5. The van der Waals surface area contributed by atoms with Crippen LogP contribution in [0.4, 0.5) is 9.59 Å². The van der Waals surface area contributed by atoms with E-state index in [4.69, 9.17) is 32.7 Å². The van der Waals surface area contributed by atoms with Crippen LogP contribution in [0.5, 0.6) is 5.75 Å². The van der Waals surface area contributed by atoms with Gasteiger partial charge in [-0.1, -0.05) is 51.1 Å². The zero-order valence-electron chi connectivity index (χ0n) is 35.1. The summed E-state index contributed by atoms with van der Waals surface area (Å²) in [7, 11) is -2.31. The van der Waals surface area contributed by atoms with Gasteiger partial charge in [-0.15, -0.1) is 0 Å². The molecule has 0 spiro atoms. The summed E-state index contributed by atoms with van der Waals surface area (Å²) in [5.41, 5.74) is 5.41. The second-order valence-electron chi connectivity index (χ2n) is 15.7. The van der Waals surface area contributed by atoms with Crippen LogP contribution >= 0.6 is 7.94 Å². The van der Waals surface area contributed by atoms with Crippen LogP contribution in [0.25, 0.3) is 11.3 Å². The first-order chi connectivity index (χ1) is 28.7. The summed E-state index contributed by atoms with van der Waals surface area (Å²) < 4.78 is 38.6. The van der Waals surface area contributed by atoms with Gasteiger partial charge in [0.2, 0.25) is 0 Å². The van der Waals surface area contributed by atoms with Gasteiger partial charge in [0.1, 0.15) is 6.04 Å². The van der Waals surface area contributed by atoms with Crippen LogP contribution in [-0.4, -0.2) is 115 Å². The Morgan fingerprint density at radius 1 is 0.950 bits per heavy atom. The van der Waals surface area contributed by atoms with E-state index in [1.54, 1.807) is 70.1 Å². The number of aromatic nitrogens is 1. The number of methoxy groups -OCH3 is 1. The van der Waals surface area contributed by atoms with Gasteiger partial charge in [-0.25, -0.2) is 4.79 Å². The Morgan fingerprint density at radius 3 is 2.28 bits per heavy atom. The predicted octanol–water partition coefficient (Wildman–Crippen LogP) is 4.71. The number of fused-ring (bicyclic) bond motifs is 1. The molecular weight excluding hydrogens is 797 g/mol. The topological polar surface area (TPSA) is 208 Å². The molecule has 1 aromatic heterocycles. The van der Waals surface area contributed by atoms with E-state index in [1.807, 2.05) is 42.5 Å². The van der Waals surface area contributed by atoms with Crippen molar-refractivity contribution in [2.45, 2.75) is 84.6 Å². The number of benzene rings is 2. The van der Waals surface area contributed by atoms with Gasteiger partial charge in [-0.2, -0.15) is 0 Å². The average Bonchev–Trinajstić information content (AvgIpc) is 3.85. The molecule has 17 nitrogen and oxygen atoms in total. The maximum atomic E-state index is 13.9. The third kappa shape index (κ3) is 13.5. The molecule has 2 aliphatic heterocycles. The van der Waals surface area contributed by atoms with E-state index in [-0.39, 0.29) is 51.6 Å². The quantitative estimate of drug-likeness (QED) is 0.0771. The van der Waals surface area contributed by atoms with Crippen molar-refractivity contribution in [1.29, 1.82) is 0 Å². The van der Waals surface area contributed by atoms with Crippen LogP contribution in [0.2, 0.25) is 0 Å². The molecule has 2 aromatic carbocycles. The molecule has 2 saturated heterocycles. The van der Waals surface area contributed by atoms with Gasteiger partial charge in [0.05, 0.1) is 31.9 Å². The van der Waals surface area contributed by atoms with Crippen molar-refractivity contribution in [3.05, 3.63) is 84.1 Å². The van der Waals surface area contributed by atoms with E-state index in [1.165, 1.54) is 7.11 Å². The number of hydrogen-bond acceptors (Lipinski definition) is 14. The fraction of sp³-hybridized carbons (Fsp3) is 0.524. The molecule has 60 heavy (non-hydrogen) atoms. The van der Waals surface area contributed by atoms with Crippen molar-refractivity contribution in [3.8, 4) is 17.0 Å². The van der Waals surface area contributed by atoms with Gasteiger partial charge >= 0.3 is 176 Å². The fourth-order valence-corrected chi connectivity index (χ4v) is 8.49. The van der Waals surface area contributed by atoms with Crippen molar-refractivity contribution in [1.82, 2.24) is 26.1 Å². The number of carbonyl (C=O) groups excluding carboxylic acids is 3. The maximum absolute atomic E-state index is 13.9. The molecule has 5 rings (SSSR count). The number of pyridine rings is 1. The van der Waals surface area contributed by atoms with Gasteiger partial charge in [-0.05, 0) is 29.5 Å². The number of aliphatic hydroxyl groups excluding tert-OH is 1. The summed E-state index contributed by atoms with van der Waals surface area (Å²) in [5, 5.41) is 19.1. The summed E-state index contributed by atoms with van der Waals surface area (Å²) in [6.45, 7) is 10.2. The zero-order valence-corrected chi connectivity index (χ0v) is 36.1. The molecule has 0 aliphatic carbocycles. The summed E-state index contributed by atoms with van der Waals surface area (Å²) >= 11 is 0. The van der Waals surface area contributed by atoms with Crippen LogP contribution in [0, 0.1) is 11.3 Å². The number of nitrogens with zero attached hydrogens (tertiary/aromatic N) is 2. The minimum atomic E-state index is -3.53. The minimum absolute atomic E-state index is 0.0954. The van der Waals surface area contributed by atoms with Crippen LogP contribution < -0.4 is 20.8 Å². The van der Waals surface area contributed by atoms with Gasteiger partial charge in [0, 0.05) is 11.8 Å². The Hall–Kier alpha value is -4.45. The molecule has 6 unspecified atom stereocenters. The van der Waals surface area contributed by atoms with E-state index < -0.39 is 62.0 Å². The molecule has 330 valence electrons. The van der Waals surface area contributed by atoms with Crippen molar-refractivity contribution in [3.63, 3.8) is 0 Å². The first-order valence-electron chi connectivity index (χ1n) is 20.2. The summed E-state index contributed by atoms with van der Waals surface area (Å²) in [5.74, 6) is -0.176. The Kier molecular flexibility index (Phi) is 17.0. The fourth-order valence-electron chi connectivity index (χ4n) is 6.99. The van der Waals surface area contributed by atoms with Gasteiger partial charge < -0.3 is 19.5 Å².